The molecule has 31 heavy (non-hydrogen) atoms. The van der Waals surface area contributed by atoms with Crippen molar-refractivity contribution < 1.29 is 14.6 Å². The van der Waals surface area contributed by atoms with Crippen LogP contribution in [0.3, 0.4) is 0 Å². The molecule has 3 aromatic carbocycles. The van der Waals surface area contributed by atoms with Crippen LogP contribution in [0.1, 0.15) is 17.5 Å². The van der Waals surface area contributed by atoms with Crippen LogP contribution < -0.4 is 15.4 Å². The van der Waals surface area contributed by atoms with E-state index in [4.69, 9.17) is 21.4 Å². The lowest BCUT2D eigenvalue weighted by molar-refractivity contribution is -0.136. The van der Waals surface area contributed by atoms with Gasteiger partial charge in [-0.05, 0) is 59.5 Å². The summed E-state index contributed by atoms with van der Waals surface area (Å²) in [6.45, 7) is 2.40. The monoisotopic (exact) mass is 436 g/mol. The number of nitrogens with one attached hydrogen (secondary N) is 2. The van der Waals surface area contributed by atoms with E-state index in [0.29, 0.717) is 17.3 Å². The summed E-state index contributed by atoms with van der Waals surface area (Å²) >= 11 is 6.36. The van der Waals surface area contributed by atoms with Gasteiger partial charge in [-0.2, -0.15) is 0 Å². The zero-order valence-electron chi connectivity index (χ0n) is 17.1. The van der Waals surface area contributed by atoms with Gasteiger partial charge in [0.15, 0.2) is 0 Å². The summed E-state index contributed by atoms with van der Waals surface area (Å²) in [5.74, 6) is -0.135. The highest BCUT2D eigenvalue weighted by molar-refractivity contribution is 6.32. The molecule has 1 aliphatic rings. The molecule has 160 valence electrons. The second kappa shape index (κ2) is 9.86. The minimum atomic E-state index is -0.842. The predicted molar refractivity (Wildman–Crippen MR) is 124 cm³/mol. The summed E-state index contributed by atoms with van der Waals surface area (Å²) in [5, 5.41) is 16.4. The number of hydrogen-bond donors (Lipinski definition) is 3. The fourth-order valence-corrected chi connectivity index (χ4v) is 3.91. The summed E-state index contributed by atoms with van der Waals surface area (Å²) in [7, 11) is 0. The van der Waals surface area contributed by atoms with E-state index in [2.05, 4.69) is 22.8 Å². The number of benzene rings is 3. The fraction of sp³-hybridized carbons (Fsp3) is 0.240. The number of carbonyl (C=O) groups is 1. The number of anilines is 1. The number of ether oxygens (including phenoxy) is 1. The average molecular weight is 437 g/mol. The first kappa shape index (κ1) is 21.2. The van der Waals surface area contributed by atoms with Crippen molar-refractivity contribution in [3.05, 3.63) is 82.9 Å². The number of rotatable bonds is 8. The lowest BCUT2D eigenvalue weighted by Gasteiger charge is -2.15. The molecule has 0 aromatic heterocycles. The third kappa shape index (κ3) is 5.57. The Hall–Kier alpha value is -3.02. The SMILES string of the molecule is O=C(O)Cc1ccccc1NCc1cccc(-c2ccc(Cl)c(OC3CCNC3)c2)c1. The number of carboxylic acids is 1. The molecule has 5 nitrogen and oxygen atoms in total. The van der Waals surface area contributed by atoms with Gasteiger partial charge in [-0.25, -0.2) is 0 Å². The molecule has 0 spiro atoms. The second-order valence-corrected chi connectivity index (χ2v) is 8.07. The number of para-hydroxylation sites is 1. The van der Waals surface area contributed by atoms with E-state index in [-0.39, 0.29) is 12.5 Å². The lowest BCUT2D eigenvalue weighted by atomic mass is 10.0. The molecule has 1 unspecified atom stereocenters. The molecule has 0 saturated carbocycles. The van der Waals surface area contributed by atoms with Crippen molar-refractivity contribution in [2.24, 2.45) is 0 Å². The van der Waals surface area contributed by atoms with Crippen molar-refractivity contribution in [3.8, 4) is 16.9 Å². The van der Waals surface area contributed by atoms with Crippen molar-refractivity contribution in [1.29, 1.82) is 0 Å². The van der Waals surface area contributed by atoms with Gasteiger partial charge in [-0.3, -0.25) is 4.79 Å². The van der Waals surface area contributed by atoms with Crippen molar-refractivity contribution in [3.63, 3.8) is 0 Å². The van der Waals surface area contributed by atoms with Crippen LogP contribution in [0.2, 0.25) is 5.02 Å². The number of hydrogen-bond acceptors (Lipinski definition) is 4. The maximum absolute atomic E-state index is 11.1. The molecule has 0 aliphatic carbocycles. The molecule has 0 amide bonds. The highest BCUT2D eigenvalue weighted by atomic mass is 35.5. The third-order valence-corrected chi connectivity index (χ3v) is 5.65. The first-order valence-corrected chi connectivity index (χ1v) is 10.8. The molecular weight excluding hydrogens is 412 g/mol. The molecule has 1 saturated heterocycles. The van der Waals surface area contributed by atoms with Crippen LogP contribution in [-0.4, -0.2) is 30.3 Å². The van der Waals surface area contributed by atoms with Crippen LogP contribution in [0.15, 0.2) is 66.7 Å². The maximum atomic E-state index is 11.1. The molecule has 0 bridgehead atoms. The Kier molecular flexibility index (Phi) is 6.75. The molecule has 0 radical (unpaired) electrons. The zero-order chi connectivity index (χ0) is 21.6. The van der Waals surface area contributed by atoms with Crippen LogP contribution >= 0.6 is 11.6 Å². The summed E-state index contributed by atoms with van der Waals surface area (Å²) in [6, 6.07) is 21.6. The molecule has 1 fully saturated rings. The minimum Gasteiger partial charge on any atom is -0.487 e. The topological polar surface area (TPSA) is 70.6 Å². The normalized spacial score (nSPS) is 15.6. The highest BCUT2D eigenvalue weighted by Crippen LogP contribution is 2.32. The fourth-order valence-electron chi connectivity index (χ4n) is 3.75. The lowest BCUT2D eigenvalue weighted by Crippen LogP contribution is -2.19. The van der Waals surface area contributed by atoms with E-state index in [1.54, 1.807) is 0 Å². The van der Waals surface area contributed by atoms with Crippen LogP contribution in [0.4, 0.5) is 5.69 Å². The molecule has 4 rings (SSSR count). The van der Waals surface area contributed by atoms with Gasteiger partial charge in [0.1, 0.15) is 11.9 Å². The summed E-state index contributed by atoms with van der Waals surface area (Å²) < 4.78 is 6.09. The largest absolute Gasteiger partial charge is 0.487 e. The molecule has 3 aromatic rings. The van der Waals surface area contributed by atoms with E-state index in [1.165, 1.54) is 0 Å². The van der Waals surface area contributed by atoms with Crippen LogP contribution in [-0.2, 0) is 17.8 Å². The van der Waals surface area contributed by atoms with E-state index >= 15 is 0 Å². The smallest absolute Gasteiger partial charge is 0.307 e. The van der Waals surface area contributed by atoms with Gasteiger partial charge in [-0.1, -0.05) is 54.1 Å². The molecule has 6 heteroatoms. The summed E-state index contributed by atoms with van der Waals surface area (Å²) in [5.41, 5.74) is 4.82. The summed E-state index contributed by atoms with van der Waals surface area (Å²) in [6.07, 6.45) is 1.12. The van der Waals surface area contributed by atoms with Gasteiger partial charge in [0, 0.05) is 18.8 Å². The molecular formula is C25H25ClN2O3. The second-order valence-electron chi connectivity index (χ2n) is 7.66. The van der Waals surface area contributed by atoms with E-state index in [1.807, 2.05) is 54.6 Å². The summed E-state index contributed by atoms with van der Waals surface area (Å²) in [4.78, 5) is 11.1. The number of carboxylic acid groups (broad SMARTS) is 1. The van der Waals surface area contributed by atoms with E-state index in [9.17, 15) is 4.79 Å². The Morgan fingerprint density at radius 2 is 1.94 bits per heavy atom. The maximum Gasteiger partial charge on any atom is 0.307 e. The van der Waals surface area contributed by atoms with Crippen LogP contribution in [0, 0.1) is 0 Å². The van der Waals surface area contributed by atoms with Gasteiger partial charge in [0.2, 0.25) is 0 Å². The standard InChI is InChI=1S/C25H25ClN2O3/c26-22-9-8-19(13-24(22)31-21-10-11-27-16-21)18-6-3-4-17(12-18)15-28-23-7-2-1-5-20(23)14-25(29)30/h1-9,12-13,21,27-28H,10-11,14-16H2,(H,29,30). The zero-order valence-corrected chi connectivity index (χ0v) is 17.9. The van der Waals surface area contributed by atoms with E-state index < -0.39 is 5.97 Å². The minimum absolute atomic E-state index is 0.00667. The number of halogens is 1. The van der Waals surface area contributed by atoms with Crippen LogP contribution in [0.25, 0.3) is 11.1 Å². The predicted octanol–water partition coefficient (Wildman–Crippen LogP) is 4.99. The average Bonchev–Trinajstić information content (AvgIpc) is 3.28. The molecule has 1 atom stereocenters. The van der Waals surface area contributed by atoms with Gasteiger partial charge >= 0.3 is 5.97 Å². The Morgan fingerprint density at radius 1 is 1.10 bits per heavy atom. The number of aliphatic carboxylic acids is 1. The van der Waals surface area contributed by atoms with Crippen molar-refractivity contribution in [1.82, 2.24) is 5.32 Å². The van der Waals surface area contributed by atoms with Gasteiger partial charge in [-0.15, -0.1) is 0 Å². The first-order valence-electron chi connectivity index (χ1n) is 10.4. The molecule has 1 heterocycles. The molecule has 1 aliphatic heterocycles. The molecule has 3 N–H and O–H groups in total. The quantitative estimate of drug-likeness (QED) is 0.464. The third-order valence-electron chi connectivity index (χ3n) is 5.34. The first-order chi connectivity index (χ1) is 15.1. The van der Waals surface area contributed by atoms with E-state index in [0.717, 1.165) is 47.5 Å². The Balaban J connectivity index is 1.49. The Bertz CT molecular complexity index is 1060. The van der Waals surface area contributed by atoms with Crippen molar-refractivity contribution in [2.45, 2.75) is 25.5 Å². The van der Waals surface area contributed by atoms with Crippen molar-refractivity contribution in [2.75, 3.05) is 18.4 Å². The van der Waals surface area contributed by atoms with Gasteiger partial charge in [0.05, 0.1) is 11.4 Å². The van der Waals surface area contributed by atoms with Gasteiger partial charge < -0.3 is 20.5 Å². The van der Waals surface area contributed by atoms with Crippen molar-refractivity contribution >= 4 is 23.3 Å². The Labute approximate surface area is 187 Å². The Morgan fingerprint density at radius 3 is 2.74 bits per heavy atom. The highest BCUT2D eigenvalue weighted by Gasteiger charge is 2.17. The van der Waals surface area contributed by atoms with Crippen LogP contribution in [0.5, 0.6) is 5.75 Å². The van der Waals surface area contributed by atoms with Gasteiger partial charge in [0.25, 0.3) is 0 Å².